The van der Waals surface area contributed by atoms with E-state index in [0.29, 0.717) is 23.0 Å². The number of aromatic nitrogens is 6. The van der Waals surface area contributed by atoms with E-state index in [4.69, 9.17) is 0 Å². The average Bonchev–Trinajstić information content (AvgIpc) is 2.86. The smallest absolute Gasteiger partial charge is 0.258 e. The molecule has 0 spiro atoms. The van der Waals surface area contributed by atoms with E-state index in [1.165, 1.54) is 11.8 Å². The van der Waals surface area contributed by atoms with Gasteiger partial charge in [0, 0.05) is 20.1 Å². The Bertz CT molecular complexity index is 580. The van der Waals surface area contributed by atoms with Crippen LogP contribution in [0.4, 0.5) is 11.9 Å². The normalized spacial score (nSPS) is 10.9. The van der Waals surface area contributed by atoms with Crippen LogP contribution in [-0.2, 0) is 0 Å². The second-order valence-corrected chi connectivity index (χ2v) is 5.40. The largest absolute Gasteiger partial charge is 0.352 e. The minimum absolute atomic E-state index is 0.234. The predicted octanol–water partition coefficient (Wildman–Crippen LogP) is 1.06. The predicted molar refractivity (Wildman–Crippen MR) is 79.6 cm³/mol. The highest BCUT2D eigenvalue weighted by molar-refractivity contribution is 7.98. The maximum Gasteiger partial charge on any atom is 0.258 e. The van der Waals surface area contributed by atoms with Gasteiger partial charge in [0.25, 0.3) is 5.95 Å². The maximum atomic E-state index is 4.37. The van der Waals surface area contributed by atoms with Gasteiger partial charge in [0.2, 0.25) is 17.1 Å². The summed E-state index contributed by atoms with van der Waals surface area (Å²) in [6.07, 6.45) is 3.52. The number of nitrogens with one attached hydrogen (secondary N) is 1. The van der Waals surface area contributed by atoms with Crippen molar-refractivity contribution in [2.45, 2.75) is 25.0 Å². The Hall–Kier alpha value is -1.90. The molecular formula is C11H18N8S. The van der Waals surface area contributed by atoms with Crippen LogP contribution in [0.3, 0.4) is 0 Å². The molecule has 2 aromatic rings. The molecule has 2 aromatic heterocycles. The van der Waals surface area contributed by atoms with Crippen LogP contribution < -0.4 is 10.2 Å². The Kier molecular flexibility index (Phi) is 4.38. The Morgan fingerprint density at radius 2 is 2.00 bits per heavy atom. The van der Waals surface area contributed by atoms with E-state index >= 15 is 0 Å². The molecule has 9 heteroatoms. The van der Waals surface area contributed by atoms with E-state index in [1.54, 1.807) is 11.0 Å². The van der Waals surface area contributed by atoms with Gasteiger partial charge in [-0.05, 0) is 20.1 Å². The van der Waals surface area contributed by atoms with Crippen molar-refractivity contribution in [3.05, 3.63) is 6.33 Å². The highest BCUT2D eigenvalue weighted by Gasteiger charge is 2.12. The second-order valence-electron chi connectivity index (χ2n) is 4.63. The van der Waals surface area contributed by atoms with Crippen molar-refractivity contribution in [2.24, 2.45) is 0 Å². The van der Waals surface area contributed by atoms with Crippen LogP contribution in [0.2, 0.25) is 0 Å². The van der Waals surface area contributed by atoms with Crippen LogP contribution in [0.5, 0.6) is 0 Å². The summed E-state index contributed by atoms with van der Waals surface area (Å²) in [5, 5.41) is 8.14. The molecular weight excluding hydrogens is 276 g/mol. The Morgan fingerprint density at radius 3 is 2.55 bits per heavy atom. The van der Waals surface area contributed by atoms with Gasteiger partial charge in [0.1, 0.15) is 6.33 Å². The van der Waals surface area contributed by atoms with Crippen LogP contribution in [0.25, 0.3) is 5.95 Å². The quantitative estimate of drug-likeness (QED) is 0.819. The fourth-order valence-electron chi connectivity index (χ4n) is 1.42. The van der Waals surface area contributed by atoms with Crippen molar-refractivity contribution >= 4 is 23.7 Å². The Labute approximate surface area is 122 Å². The SMILES string of the molecule is CSc1ncn(-c2nc(NC(C)C)nc(N(C)C)n2)n1. The van der Waals surface area contributed by atoms with Gasteiger partial charge in [-0.1, -0.05) is 11.8 Å². The molecule has 0 radical (unpaired) electrons. The van der Waals surface area contributed by atoms with Gasteiger partial charge in [0.05, 0.1) is 0 Å². The fraction of sp³-hybridized carbons (Fsp3) is 0.545. The number of anilines is 2. The summed E-state index contributed by atoms with van der Waals surface area (Å²) in [6.45, 7) is 4.06. The van der Waals surface area contributed by atoms with Crippen molar-refractivity contribution in [2.75, 3.05) is 30.6 Å². The first-order chi connectivity index (χ1) is 9.49. The molecule has 8 nitrogen and oxygen atoms in total. The van der Waals surface area contributed by atoms with Gasteiger partial charge in [-0.25, -0.2) is 4.98 Å². The third-order valence-electron chi connectivity index (χ3n) is 2.29. The zero-order chi connectivity index (χ0) is 14.7. The van der Waals surface area contributed by atoms with E-state index in [9.17, 15) is 0 Å². The lowest BCUT2D eigenvalue weighted by atomic mass is 10.4. The van der Waals surface area contributed by atoms with Gasteiger partial charge in [-0.2, -0.15) is 19.6 Å². The van der Waals surface area contributed by atoms with Crippen LogP contribution in [0.15, 0.2) is 11.5 Å². The Balaban J connectivity index is 2.42. The van der Waals surface area contributed by atoms with Crippen molar-refractivity contribution in [1.29, 1.82) is 0 Å². The molecule has 0 bridgehead atoms. The lowest BCUT2D eigenvalue weighted by Gasteiger charge is -2.14. The van der Waals surface area contributed by atoms with Crippen LogP contribution >= 0.6 is 11.8 Å². The summed E-state index contributed by atoms with van der Waals surface area (Å²) in [7, 11) is 3.76. The topological polar surface area (TPSA) is 84.7 Å². The van der Waals surface area contributed by atoms with Gasteiger partial charge >= 0.3 is 0 Å². The van der Waals surface area contributed by atoms with Gasteiger partial charge in [-0.3, -0.25) is 0 Å². The lowest BCUT2D eigenvalue weighted by molar-refractivity contribution is 0.758. The molecule has 0 aliphatic carbocycles. The van der Waals surface area contributed by atoms with E-state index in [2.05, 4.69) is 30.4 Å². The highest BCUT2D eigenvalue weighted by Crippen LogP contribution is 2.13. The van der Waals surface area contributed by atoms with E-state index < -0.39 is 0 Å². The van der Waals surface area contributed by atoms with Crippen LogP contribution in [0.1, 0.15) is 13.8 Å². The summed E-state index contributed by atoms with van der Waals surface area (Å²) < 4.78 is 1.55. The molecule has 0 fully saturated rings. The molecule has 108 valence electrons. The van der Waals surface area contributed by atoms with Crippen molar-refractivity contribution < 1.29 is 0 Å². The number of hydrogen-bond donors (Lipinski definition) is 1. The third-order valence-corrected chi connectivity index (χ3v) is 2.84. The van der Waals surface area contributed by atoms with E-state index in [0.717, 1.165) is 0 Å². The standard InChI is InChI=1S/C11H18N8S/c1-7(2)13-8-14-9(18(3)4)16-10(15-8)19-6-12-11(17-19)20-5/h6-7H,1-5H3,(H,13,14,15,16). The summed E-state index contributed by atoms with van der Waals surface area (Å²) in [6, 6.07) is 0.234. The molecule has 0 unspecified atom stereocenters. The zero-order valence-corrected chi connectivity index (χ0v) is 13.0. The lowest BCUT2D eigenvalue weighted by Crippen LogP contribution is -2.19. The molecule has 2 rings (SSSR count). The summed E-state index contributed by atoms with van der Waals surface area (Å²) >= 11 is 1.47. The summed E-state index contributed by atoms with van der Waals surface area (Å²) in [5.41, 5.74) is 0. The van der Waals surface area contributed by atoms with Crippen LogP contribution in [0, 0.1) is 0 Å². The number of rotatable bonds is 5. The van der Waals surface area contributed by atoms with E-state index in [1.807, 2.05) is 39.1 Å². The fourth-order valence-corrected chi connectivity index (χ4v) is 1.74. The van der Waals surface area contributed by atoms with Crippen molar-refractivity contribution in [3.63, 3.8) is 0 Å². The van der Waals surface area contributed by atoms with Crippen molar-refractivity contribution in [3.8, 4) is 5.95 Å². The first kappa shape index (κ1) is 14.5. The van der Waals surface area contributed by atoms with Gasteiger partial charge in [0.15, 0.2) is 0 Å². The minimum atomic E-state index is 0.234. The highest BCUT2D eigenvalue weighted by atomic mass is 32.2. The Morgan fingerprint density at radius 1 is 1.25 bits per heavy atom. The molecule has 0 amide bonds. The summed E-state index contributed by atoms with van der Waals surface area (Å²) in [4.78, 5) is 19.1. The molecule has 20 heavy (non-hydrogen) atoms. The molecule has 0 saturated carbocycles. The zero-order valence-electron chi connectivity index (χ0n) is 12.2. The van der Waals surface area contributed by atoms with Crippen LogP contribution in [-0.4, -0.2) is 56.1 Å². The molecule has 0 aliphatic rings. The number of nitrogens with zero attached hydrogens (tertiary/aromatic N) is 7. The molecule has 1 N–H and O–H groups in total. The molecule has 0 atom stereocenters. The number of hydrogen-bond acceptors (Lipinski definition) is 8. The van der Waals surface area contributed by atoms with Gasteiger partial charge in [-0.15, -0.1) is 5.10 Å². The monoisotopic (exact) mass is 294 g/mol. The molecule has 2 heterocycles. The third kappa shape index (κ3) is 3.35. The minimum Gasteiger partial charge on any atom is -0.352 e. The average molecular weight is 294 g/mol. The first-order valence-corrected chi connectivity index (χ1v) is 7.38. The van der Waals surface area contributed by atoms with E-state index in [-0.39, 0.29) is 6.04 Å². The van der Waals surface area contributed by atoms with Gasteiger partial charge < -0.3 is 10.2 Å². The summed E-state index contributed by atoms with van der Waals surface area (Å²) in [5.74, 6) is 1.54. The first-order valence-electron chi connectivity index (χ1n) is 6.15. The molecule has 0 aromatic carbocycles. The maximum absolute atomic E-state index is 4.37. The van der Waals surface area contributed by atoms with Crippen molar-refractivity contribution in [1.82, 2.24) is 29.7 Å². The second kappa shape index (κ2) is 6.04. The molecule has 0 saturated heterocycles. The molecule has 0 aliphatic heterocycles. The number of thioether (sulfide) groups is 1.